The third kappa shape index (κ3) is 4.72. The molecule has 0 aliphatic carbocycles. The Kier molecular flexibility index (Phi) is 6.40. The van der Waals surface area contributed by atoms with E-state index in [2.05, 4.69) is 34.5 Å². The van der Waals surface area contributed by atoms with Gasteiger partial charge in [-0.25, -0.2) is 9.67 Å². The number of carbonyl (C=O) groups is 1. The van der Waals surface area contributed by atoms with Crippen molar-refractivity contribution in [2.45, 2.75) is 46.6 Å². The first kappa shape index (κ1) is 22.5. The van der Waals surface area contributed by atoms with E-state index in [1.807, 2.05) is 50.2 Å². The highest BCUT2D eigenvalue weighted by Gasteiger charge is 2.18. The third-order valence-electron chi connectivity index (χ3n) is 5.91. The van der Waals surface area contributed by atoms with E-state index >= 15 is 0 Å². The summed E-state index contributed by atoms with van der Waals surface area (Å²) < 4.78 is 3.32. The van der Waals surface area contributed by atoms with Crippen molar-refractivity contribution in [2.75, 3.05) is 0 Å². The molecule has 0 fully saturated rings. The van der Waals surface area contributed by atoms with E-state index < -0.39 is 0 Å². The van der Waals surface area contributed by atoms with E-state index in [4.69, 9.17) is 0 Å². The van der Waals surface area contributed by atoms with E-state index in [9.17, 15) is 9.59 Å². The third-order valence-corrected chi connectivity index (χ3v) is 5.91. The summed E-state index contributed by atoms with van der Waals surface area (Å²) in [4.78, 5) is 30.0. The first-order chi connectivity index (χ1) is 15.9. The minimum atomic E-state index is -0.210. The van der Waals surface area contributed by atoms with Gasteiger partial charge in [0.15, 0.2) is 5.65 Å². The van der Waals surface area contributed by atoms with Crippen molar-refractivity contribution in [3.63, 3.8) is 0 Å². The molecule has 0 atom stereocenters. The molecule has 0 bridgehead atoms. The normalized spacial score (nSPS) is 11.2. The number of hydrogen-bond donors (Lipinski definition) is 1. The zero-order valence-electron chi connectivity index (χ0n) is 19.6. The molecule has 4 aromatic rings. The Labute approximate surface area is 193 Å². The van der Waals surface area contributed by atoms with Crippen molar-refractivity contribution in [3.05, 3.63) is 87.0 Å². The van der Waals surface area contributed by atoms with Crippen LogP contribution in [0.3, 0.4) is 0 Å². The van der Waals surface area contributed by atoms with Crippen LogP contribution in [0.2, 0.25) is 0 Å². The van der Waals surface area contributed by atoms with E-state index in [0.29, 0.717) is 23.4 Å². The van der Waals surface area contributed by atoms with Gasteiger partial charge in [0, 0.05) is 26.4 Å². The van der Waals surface area contributed by atoms with Crippen LogP contribution in [0.4, 0.5) is 0 Å². The van der Waals surface area contributed by atoms with Gasteiger partial charge in [-0.1, -0.05) is 48.9 Å². The van der Waals surface area contributed by atoms with E-state index in [1.165, 1.54) is 5.56 Å². The average Bonchev–Trinajstić information content (AvgIpc) is 3.16. The van der Waals surface area contributed by atoms with Crippen molar-refractivity contribution in [1.82, 2.24) is 24.6 Å². The summed E-state index contributed by atoms with van der Waals surface area (Å²) in [6.45, 7) is 6.49. The largest absolute Gasteiger partial charge is 0.352 e. The lowest BCUT2D eigenvalue weighted by atomic mass is 10.1. The van der Waals surface area contributed by atoms with Crippen LogP contribution >= 0.6 is 0 Å². The van der Waals surface area contributed by atoms with Gasteiger partial charge in [0.05, 0.1) is 11.4 Å². The fourth-order valence-corrected chi connectivity index (χ4v) is 3.85. The molecule has 7 nitrogen and oxygen atoms in total. The van der Waals surface area contributed by atoms with Gasteiger partial charge in [0.1, 0.15) is 11.2 Å². The van der Waals surface area contributed by atoms with Gasteiger partial charge in [0.25, 0.3) is 5.56 Å². The molecular weight excluding hydrogens is 414 g/mol. The number of carbonyl (C=O) groups excluding carboxylic acids is 1. The molecule has 2 aromatic carbocycles. The second kappa shape index (κ2) is 9.40. The highest BCUT2D eigenvalue weighted by Crippen LogP contribution is 2.19. The fourth-order valence-electron chi connectivity index (χ4n) is 3.85. The molecule has 4 rings (SSSR count). The Morgan fingerprint density at radius 3 is 2.33 bits per heavy atom. The topological polar surface area (TPSA) is 81.8 Å². The van der Waals surface area contributed by atoms with Crippen LogP contribution in [0.1, 0.15) is 41.4 Å². The lowest BCUT2D eigenvalue weighted by Gasteiger charge is -2.09. The van der Waals surface area contributed by atoms with Crippen LogP contribution in [0.15, 0.2) is 53.3 Å². The Morgan fingerprint density at radius 1 is 1.00 bits per heavy atom. The lowest BCUT2D eigenvalue weighted by Crippen LogP contribution is -2.27. The van der Waals surface area contributed by atoms with Gasteiger partial charge in [-0.3, -0.25) is 14.2 Å². The maximum Gasteiger partial charge on any atom is 0.273 e. The first-order valence-electron chi connectivity index (χ1n) is 11.2. The van der Waals surface area contributed by atoms with Gasteiger partial charge in [0.2, 0.25) is 5.91 Å². The molecule has 0 aliphatic heterocycles. The van der Waals surface area contributed by atoms with Gasteiger partial charge < -0.3 is 5.32 Å². The maximum absolute atomic E-state index is 13.0. The second-order valence-electron chi connectivity index (χ2n) is 8.37. The number of benzene rings is 2. The van der Waals surface area contributed by atoms with Gasteiger partial charge in [-0.2, -0.15) is 5.10 Å². The fraction of sp³-hybridized carbons (Fsp3) is 0.308. The molecule has 0 spiro atoms. The highest BCUT2D eigenvalue weighted by atomic mass is 16.1. The number of rotatable bonds is 7. The molecular formula is C26H29N5O2. The molecule has 0 radical (unpaired) electrons. The number of hydrogen-bond acceptors (Lipinski definition) is 4. The quantitative estimate of drug-likeness (QED) is 0.474. The van der Waals surface area contributed by atoms with Crippen LogP contribution in [0, 0.1) is 13.8 Å². The second-order valence-corrected chi connectivity index (χ2v) is 8.37. The summed E-state index contributed by atoms with van der Waals surface area (Å²) in [5.41, 5.74) is 6.56. The predicted molar refractivity (Wildman–Crippen MR) is 130 cm³/mol. The predicted octanol–water partition coefficient (Wildman–Crippen LogP) is 3.55. The van der Waals surface area contributed by atoms with Gasteiger partial charge >= 0.3 is 0 Å². The summed E-state index contributed by atoms with van der Waals surface area (Å²) in [5.74, 6) is -0.106. The minimum Gasteiger partial charge on any atom is -0.352 e. The molecule has 2 heterocycles. The Balaban J connectivity index is 1.50. The standard InChI is InChI=1S/C26H29N5O2/c1-5-19-8-10-20(11-9-19)16-27-23(32)15-14-22-26(33)30(4)25-24(28-22)18(3)29-31(25)21-12-6-17(2)7-13-21/h6-13H,5,14-16H2,1-4H3,(H,27,32). The van der Waals surface area contributed by atoms with Crippen LogP contribution in [0.5, 0.6) is 0 Å². The monoisotopic (exact) mass is 443 g/mol. The van der Waals surface area contributed by atoms with Crippen molar-refractivity contribution >= 4 is 17.1 Å². The highest BCUT2D eigenvalue weighted by molar-refractivity contribution is 5.77. The van der Waals surface area contributed by atoms with Crippen LogP contribution < -0.4 is 10.9 Å². The van der Waals surface area contributed by atoms with Gasteiger partial charge in [-0.15, -0.1) is 0 Å². The molecule has 0 saturated heterocycles. The molecule has 1 N–H and O–H groups in total. The summed E-state index contributed by atoms with van der Waals surface area (Å²) >= 11 is 0. The smallest absolute Gasteiger partial charge is 0.273 e. The Bertz CT molecular complexity index is 1350. The van der Waals surface area contributed by atoms with Crippen LogP contribution in [-0.2, 0) is 31.2 Å². The van der Waals surface area contributed by atoms with Crippen molar-refractivity contribution < 1.29 is 4.79 Å². The van der Waals surface area contributed by atoms with Crippen molar-refractivity contribution in [2.24, 2.45) is 7.05 Å². The number of fused-ring (bicyclic) bond motifs is 1. The minimum absolute atomic E-state index is 0.106. The molecule has 33 heavy (non-hydrogen) atoms. The van der Waals surface area contributed by atoms with Crippen LogP contribution in [0.25, 0.3) is 16.9 Å². The number of aromatic nitrogens is 4. The number of amides is 1. The number of nitrogens with zero attached hydrogens (tertiary/aromatic N) is 4. The Hall–Kier alpha value is -3.74. The number of aryl methyl sites for hydroxylation is 5. The van der Waals surface area contributed by atoms with Crippen molar-refractivity contribution in [3.8, 4) is 5.69 Å². The van der Waals surface area contributed by atoms with E-state index in [-0.39, 0.29) is 24.3 Å². The average molecular weight is 444 g/mol. The van der Waals surface area contributed by atoms with Gasteiger partial charge in [-0.05, 0) is 43.5 Å². The molecule has 7 heteroatoms. The molecule has 2 aromatic heterocycles. The van der Waals surface area contributed by atoms with Crippen molar-refractivity contribution in [1.29, 1.82) is 0 Å². The molecule has 0 aliphatic rings. The summed E-state index contributed by atoms with van der Waals surface area (Å²) in [5, 5.41) is 7.55. The zero-order chi connectivity index (χ0) is 23.5. The van der Waals surface area contributed by atoms with E-state index in [0.717, 1.165) is 28.9 Å². The van der Waals surface area contributed by atoms with E-state index in [1.54, 1.807) is 16.3 Å². The first-order valence-corrected chi connectivity index (χ1v) is 11.2. The lowest BCUT2D eigenvalue weighted by molar-refractivity contribution is -0.121. The summed E-state index contributed by atoms with van der Waals surface area (Å²) in [6, 6.07) is 16.2. The molecule has 170 valence electrons. The molecule has 1 amide bonds. The number of nitrogens with one attached hydrogen (secondary N) is 1. The molecule has 0 unspecified atom stereocenters. The molecule has 0 saturated carbocycles. The zero-order valence-corrected chi connectivity index (χ0v) is 19.6. The summed E-state index contributed by atoms with van der Waals surface area (Å²) in [7, 11) is 1.72. The summed E-state index contributed by atoms with van der Waals surface area (Å²) in [6.07, 6.45) is 1.46. The van der Waals surface area contributed by atoms with Crippen LogP contribution in [-0.4, -0.2) is 25.2 Å². The Morgan fingerprint density at radius 2 is 1.67 bits per heavy atom. The SMILES string of the molecule is CCc1ccc(CNC(=O)CCc2nc3c(C)nn(-c4ccc(C)cc4)c3n(C)c2=O)cc1. The maximum atomic E-state index is 13.0.